The summed E-state index contributed by atoms with van der Waals surface area (Å²) in [4.78, 5) is 30.0. The molecule has 0 spiro atoms. The summed E-state index contributed by atoms with van der Waals surface area (Å²) in [5, 5.41) is 11.8. The first-order valence-corrected chi connectivity index (χ1v) is 27.6. The largest absolute Gasteiger partial charge is 0.275 e. The van der Waals surface area contributed by atoms with Crippen molar-refractivity contribution in [2.45, 2.75) is 0 Å². The van der Waals surface area contributed by atoms with Gasteiger partial charge in [0.05, 0.1) is 22.1 Å². The number of thiophene rings is 1. The van der Waals surface area contributed by atoms with Gasteiger partial charge in [0.1, 0.15) is 0 Å². The Labute approximate surface area is 455 Å². The molecule has 79 heavy (non-hydrogen) atoms. The second kappa shape index (κ2) is 16.6. The molecule has 0 aliphatic rings. The van der Waals surface area contributed by atoms with E-state index in [9.17, 15) is 4.79 Å². The molecular weight excluding hydrogens is 981 g/mol. The highest BCUT2D eigenvalue weighted by Crippen LogP contribution is 2.44. The van der Waals surface area contributed by atoms with Crippen molar-refractivity contribution in [3.05, 3.63) is 275 Å². The van der Waals surface area contributed by atoms with Gasteiger partial charge in [-0.15, -0.1) is 11.3 Å². The number of aromatic nitrogens is 2. The SMILES string of the molecule is O=c1c2ccc(-c3ccc4c5cc(-c6ccc7sc8ccccc8c7c6)cc6c7ccccc7c(=O)n(c4c3)c65)cc2c2cc(-c3ccc(-c4ccccc4)cc3)cc3c4cc(-c5ccc(-c6ccccc6)cc5)ccc4n1c23. The van der Waals surface area contributed by atoms with Crippen LogP contribution in [-0.4, -0.2) is 8.80 Å². The number of rotatable bonds is 6. The molecule has 366 valence electrons. The third-order valence-corrected chi connectivity index (χ3v) is 18.0. The lowest BCUT2D eigenvalue weighted by atomic mass is 9.94. The molecule has 17 rings (SSSR count). The minimum atomic E-state index is -0.0503. The Kier molecular flexibility index (Phi) is 9.27. The molecule has 0 aliphatic carbocycles. The highest BCUT2D eigenvalue weighted by atomic mass is 32.1. The maximum atomic E-state index is 15.2. The molecule has 0 amide bonds. The average Bonchev–Trinajstić information content (AvgIpc) is 4.40. The van der Waals surface area contributed by atoms with Crippen molar-refractivity contribution in [2.75, 3.05) is 0 Å². The van der Waals surface area contributed by atoms with E-state index >= 15 is 4.79 Å². The molecule has 5 heteroatoms. The Bertz CT molecular complexity index is 5500. The maximum Gasteiger partial charge on any atom is 0.263 e. The zero-order valence-electron chi connectivity index (χ0n) is 42.4. The van der Waals surface area contributed by atoms with Gasteiger partial charge in [-0.05, 0) is 156 Å². The Morgan fingerprint density at radius 2 is 0.582 bits per heavy atom. The predicted molar refractivity (Wildman–Crippen MR) is 334 cm³/mol. The van der Waals surface area contributed by atoms with E-state index in [-0.39, 0.29) is 11.1 Å². The van der Waals surface area contributed by atoms with Crippen LogP contribution in [0.2, 0.25) is 0 Å². The lowest BCUT2D eigenvalue weighted by molar-refractivity contribution is 1.21. The third kappa shape index (κ3) is 6.54. The van der Waals surface area contributed by atoms with Crippen molar-refractivity contribution >= 4 is 107 Å². The van der Waals surface area contributed by atoms with Crippen LogP contribution in [0.5, 0.6) is 0 Å². The van der Waals surface area contributed by atoms with E-state index in [0.29, 0.717) is 10.8 Å². The zero-order valence-corrected chi connectivity index (χ0v) is 43.2. The van der Waals surface area contributed by atoms with Crippen LogP contribution in [0, 0.1) is 0 Å². The molecule has 17 aromatic rings. The summed E-state index contributed by atoms with van der Waals surface area (Å²) in [6.45, 7) is 0. The fourth-order valence-electron chi connectivity index (χ4n) is 13.0. The van der Waals surface area contributed by atoms with Crippen LogP contribution in [0.3, 0.4) is 0 Å². The summed E-state index contributed by atoms with van der Waals surface area (Å²) in [5.41, 5.74) is 16.7. The van der Waals surface area contributed by atoms with Gasteiger partial charge in [0.25, 0.3) is 11.1 Å². The van der Waals surface area contributed by atoms with Gasteiger partial charge < -0.3 is 0 Å². The number of pyridine rings is 2. The van der Waals surface area contributed by atoms with Crippen molar-refractivity contribution in [1.29, 1.82) is 0 Å². The van der Waals surface area contributed by atoms with Gasteiger partial charge in [0.15, 0.2) is 0 Å². The van der Waals surface area contributed by atoms with Crippen LogP contribution in [-0.2, 0) is 0 Å². The molecule has 0 unspecified atom stereocenters. The van der Waals surface area contributed by atoms with Gasteiger partial charge in [0.2, 0.25) is 0 Å². The van der Waals surface area contributed by atoms with E-state index in [2.05, 4.69) is 218 Å². The number of nitrogens with zero attached hydrogens (tertiary/aromatic N) is 2. The number of fused-ring (bicyclic) bond motifs is 13. The lowest BCUT2D eigenvalue weighted by Crippen LogP contribution is -2.13. The molecule has 0 N–H and O–H groups in total. The van der Waals surface area contributed by atoms with Crippen molar-refractivity contribution in [1.82, 2.24) is 8.80 Å². The molecule has 0 bridgehead atoms. The molecule has 0 aliphatic heterocycles. The van der Waals surface area contributed by atoms with Gasteiger partial charge >= 0.3 is 0 Å². The van der Waals surface area contributed by atoms with E-state index < -0.39 is 0 Å². The van der Waals surface area contributed by atoms with Crippen LogP contribution in [0.25, 0.3) is 163 Å². The van der Waals surface area contributed by atoms with Crippen LogP contribution in [0.1, 0.15) is 0 Å². The minimum Gasteiger partial charge on any atom is -0.275 e. The van der Waals surface area contributed by atoms with Crippen molar-refractivity contribution in [2.24, 2.45) is 0 Å². The quantitative estimate of drug-likeness (QED) is 0.156. The fraction of sp³-hybridized carbons (Fsp3) is 0. The smallest absolute Gasteiger partial charge is 0.263 e. The van der Waals surface area contributed by atoms with Crippen molar-refractivity contribution in [3.63, 3.8) is 0 Å². The van der Waals surface area contributed by atoms with Gasteiger partial charge in [-0.25, -0.2) is 0 Å². The maximum absolute atomic E-state index is 15.2. The molecule has 0 saturated heterocycles. The molecular formula is C74H42N2O2S. The molecule has 0 radical (unpaired) electrons. The molecule has 0 saturated carbocycles. The Morgan fingerprint density at radius 1 is 0.215 bits per heavy atom. The molecule has 4 nitrogen and oxygen atoms in total. The van der Waals surface area contributed by atoms with Crippen LogP contribution >= 0.6 is 11.3 Å². The second-order valence-corrected chi connectivity index (χ2v) is 22.2. The van der Waals surface area contributed by atoms with E-state index in [1.807, 2.05) is 56.5 Å². The van der Waals surface area contributed by atoms with Gasteiger partial charge in [0, 0.05) is 63.3 Å². The highest BCUT2D eigenvalue weighted by Gasteiger charge is 2.23. The first-order valence-electron chi connectivity index (χ1n) is 26.8. The highest BCUT2D eigenvalue weighted by molar-refractivity contribution is 7.25. The first-order chi connectivity index (χ1) is 39.0. The van der Waals surface area contributed by atoms with Crippen LogP contribution in [0.4, 0.5) is 0 Å². The van der Waals surface area contributed by atoms with E-state index in [1.54, 1.807) is 0 Å². The fourth-order valence-corrected chi connectivity index (χ4v) is 14.1. The molecule has 12 aromatic carbocycles. The Balaban J connectivity index is 0.866. The average molecular weight is 1020 g/mol. The van der Waals surface area contributed by atoms with Gasteiger partial charge in [-0.2, -0.15) is 0 Å². The summed E-state index contributed by atoms with van der Waals surface area (Å²) in [7, 11) is 0. The molecule has 0 atom stereocenters. The molecule has 5 aromatic heterocycles. The number of benzene rings is 12. The summed E-state index contributed by atoms with van der Waals surface area (Å²) in [6.07, 6.45) is 0. The number of hydrogen-bond acceptors (Lipinski definition) is 3. The molecule has 0 fully saturated rings. The zero-order chi connectivity index (χ0) is 52.0. The number of hydrogen-bond donors (Lipinski definition) is 0. The minimum absolute atomic E-state index is 0.0357. The van der Waals surface area contributed by atoms with Crippen LogP contribution in [0.15, 0.2) is 264 Å². The van der Waals surface area contributed by atoms with E-state index in [1.165, 1.54) is 36.9 Å². The van der Waals surface area contributed by atoms with Gasteiger partial charge in [-0.3, -0.25) is 18.4 Å². The van der Waals surface area contributed by atoms with E-state index in [0.717, 1.165) is 115 Å². The first kappa shape index (κ1) is 44.0. The normalized spacial score (nSPS) is 12.2. The predicted octanol–water partition coefficient (Wildman–Crippen LogP) is 19.1. The van der Waals surface area contributed by atoms with Crippen molar-refractivity contribution in [3.8, 4) is 66.8 Å². The topological polar surface area (TPSA) is 43.0 Å². The summed E-state index contributed by atoms with van der Waals surface area (Å²) in [5.74, 6) is 0. The standard InChI is InChI=1S/C74H42N2O2S/c77-73-58-17-8-7-15-55(58)63-40-54(51-30-34-70-62(37-51)57-16-9-10-18-69(57)79-70)41-64-56-31-27-52(42-68(56)76(73)71(63)64)50-28-32-59-60(35-50)65-38-53(48-25-21-46(22-26-48)44-13-5-2-6-14-44)39-66-61-36-49(29-33-67(61)75(72(65)66)74(59)78)47-23-19-45(20-24-47)43-11-3-1-4-12-43/h1-42H. The summed E-state index contributed by atoms with van der Waals surface area (Å²) in [6, 6.07) is 90.4. The third-order valence-electron chi connectivity index (χ3n) is 16.8. The Hall–Kier alpha value is -10.2. The Morgan fingerprint density at radius 3 is 1.25 bits per heavy atom. The van der Waals surface area contributed by atoms with Crippen molar-refractivity contribution < 1.29 is 0 Å². The lowest BCUT2D eigenvalue weighted by Gasteiger charge is -2.12. The van der Waals surface area contributed by atoms with E-state index in [4.69, 9.17) is 0 Å². The van der Waals surface area contributed by atoms with Crippen LogP contribution < -0.4 is 11.1 Å². The summed E-state index contributed by atoms with van der Waals surface area (Å²) >= 11 is 1.82. The molecule has 5 heterocycles. The van der Waals surface area contributed by atoms with Gasteiger partial charge in [-0.1, -0.05) is 176 Å². The monoisotopic (exact) mass is 1020 g/mol. The summed E-state index contributed by atoms with van der Waals surface area (Å²) < 4.78 is 6.42. The second-order valence-electron chi connectivity index (χ2n) is 21.1.